The Hall–Kier alpha value is -1.14. The molecule has 0 radical (unpaired) electrons. The molecule has 0 spiro atoms. The quantitative estimate of drug-likeness (QED) is 0.861. The molecule has 1 aromatic carbocycles. The number of halogens is 2. The molecule has 1 saturated carbocycles. The van der Waals surface area contributed by atoms with Crippen LogP contribution in [0, 0.1) is 11.7 Å². The molecular weight excluding hydrogens is 317 g/mol. The highest BCUT2D eigenvalue weighted by Gasteiger charge is 2.19. The molecule has 0 unspecified atom stereocenters. The summed E-state index contributed by atoms with van der Waals surface area (Å²) in [6.07, 6.45) is 5.71. The van der Waals surface area contributed by atoms with Crippen molar-refractivity contribution in [3.8, 4) is 0 Å². The minimum Gasteiger partial charge on any atom is -0.352 e. The Morgan fingerprint density at radius 2 is 1.95 bits per heavy atom. The third kappa shape index (κ3) is 4.41. The lowest BCUT2D eigenvalue weighted by Crippen LogP contribution is -2.30. The Morgan fingerprint density at radius 1 is 1.29 bits per heavy atom. The van der Waals surface area contributed by atoms with E-state index in [9.17, 15) is 17.6 Å². The summed E-state index contributed by atoms with van der Waals surface area (Å²) in [6.45, 7) is 0.522. The minimum absolute atomic E-state index is 0.171. The second kappa shape index (κ2) is 6.75. The Bertz CT molecular complexity index is 627. The van der Waals surface area contributed by atoms with Crippen LogP contribution in [0.2, 0.25) is 0 Å². The second-order valence-electron chi connectivity index (χ2n) is 5.29. The highest BCUT2D eigenvalue weighted by atomic mass is 35.7. The fourth-order valence-electron chi connectivity index (χ4n) is 2.56. The van der Waals surface area contributed by atoms with Gasteiger partial charge in [0.1, 0.15) is 5.82 Å². The van der Waals surface area contributed by atoms with Gasteiger partial charge in [0.05, 0.1) is 10.5 Å². The average molecular weight is 334 g/mol. The van der Waals surface area contributed by atoms with Crippen LogP contribution in [0.15, 0.2) is 23.1 Å². The maximum absolute atomic E-state index is 13.8. The van der Waals surface area contributed by atoms with E-state index >= 15 is 0 Å². The normalized spacial score (nSPS) is 16.7. The van der Waals surface area contributed by atoms with E-state index in [0.717, 1.165) is 43.9 Å². The highest BCUT2D eigenvalue weighted by molar-refractivity contribution is 8.13. The zero-order valence-corrected chi connectivity index (χ0v) is 13.0. The first-order valence-corrected chi connectivity index (χ1v) is 9.21. The van der Waals surface area contributed by atoms with E-state index in [4.69, 9.17) is 10.7 Å². The lowest BCUT2D eigenvalue weighted by Gasteiger charge is -2.21. The number of hydrogen-bond acceptors (Lipinski definition) is 3. The van der Waals surface area contributed by atoms with Crippen molar-refractivity contribution in [3.63, 3.8) is 0 Å². The summed E-state index contributed by atoms with van der Waals surface area (Å²) < 4.78 is 36.0. The van der Waals surface area contributed by atoms with Crippen LogP contribution in [0.4, 0.5) is 4.39 Å². The van der Waals surface area contributed by atoms with Gasteiger partial charge in [0, 0.05) is 17.2 Å². The zero-order chi connectivity index (χ0) is 15.5. The molecule has 4 nitrogen and oxygen atoms in total. The molecular formula is C14H17ClFNO3S. The van der Waals surface area contributed by atoms with E-state index in [2.05, 4.69) is 5.32 Å². The van der Waals surface area contributed by atoms with Crippen LogP contribution in [-0.2, 0) is 9.05 Å². The van der Waals surface area contributed by atoms with E-state index in [1.165, 1.54) is 6.42 Å². The number of benzene rings is 1. The SMILES string of the molecule is O=C(NCC1CCCCC1)c1ccc(S(=O)(=O)Cl)cc1F. The molecule has 1 aliphatic rings. The fourth-order valence-corrected chi connectivity index (χ4v) is 3.32. The Morgan fingerprint density at radius 3 is 2.52 bits per heavy atom. The van der Waals surface area contributed by atoms with Gasteiger partial charge in [-0.05, 0) is 37.0 Å². The van der Waals surface area contributed by atoms with Gasteiger partial charge in [0.2, 0.25) is 0 Å². The predicted octanol–water partition coefficient (Wildman–Crippen LogP) is 3.06. The molecule has 1 N–H and O–H groups in total. The number of carbonyl (C=O) groups excluding carboxylic acids is 1. The molecule has 0 atom stereocenters. The van der Waals surface area contributed by atoms with Crippen LogP contribution in [0.5, 0.6) is 0 Å². The number of amides is 1. The van der Waals surface area contributed by atoms with Crippen molar-refractivity contribution in [2.75, 3.05) is 6.54 Å². The van der Waals surface area contributed by atoms with Crippen LogP contribution < -0.4 is 5.32 Å². The third-order valence-electron chi connectivity index (χ3n) is 3.74. The van der Waals surface area contributed by atoms with Gasteiger partial charge in [-0.15, -0.1) is 0 Å². The van der Waals surface area contributed by atoms with Gasteiger partial charge in [0.25, 0.3) is 15.0 Å². The van der Waals surface area contributed by atoms with Crippen molar-refractivity contribution < 1.29 is 17.6 Å². The van der Waals surface area contributed by atoms with Gasteiger partial charge in [-0.3, -0.25) is 4.79 Å². The van der Waals surface area contributed by atoms with Crippen molar-refractivity contribution in [1.82, 2.24) is 5.32 Å². The molecule has 0 bridgehead atoms. The predicted molar refractivity (Wildman–Crippen MR) is 78.3 cm³/mol. The highest BCUT2D eigenvalue weighted by Crippen LogP contribution is 2.23. The maximum Gasteiger partial charge on any atom is 0.261 e. The van der Waals surface area contributed by atoms with Gasteiger partial charge in [-0.25, -0.2) is 12.8 Å². The molecule has 1 fully saturated rings. The molecule has 7 heteroatoms. The second-order valence-corrected chi connectivity index (χ2v) is 7.86. The number of carbonyl (C=O) groups is 1. The molecule has 1 aliphatic carbocycles. The summed E-state index contributed by atoms with van der Waals surface area (Å²) in [6, 6.07) is 3.03. The van der Waals surface area contributed by atoms with E-state index in [-0.39, 0.29) is 10.5 Å². The number of rotatable bonds is 4. The maximum atomic E-state index is 13.8. The van der Waals surface area contributed by atoms with Crippen molar-refractivity contribution >= 4 is 25.6 Å². The van der Waals surface area contributed by atoms with Gasteiger partial charge in [-0.1, -0.05) is 19.3 Å². The van der Waals surface area contributed by atoms with Crippen LogP contribution >= 0.6 is 10.7 Å². The monoisotopic (exact) mass is 333 g/mol. The first kappa shape index (κ1) is 16.2. The van der Waals surface area contributed by atoms with Gasteiger partial charge in [-0.2, -0.15) is 0 Å². The summed E-state index contributed by atoms with van der Waals surface area (Å²) in [4.78, 5) is 11.6. The van der Waals surface area contributed by atoms with Crippen LogP contribution in [0.3, 0.4) is 0 Å². The Balaban J connectivity index is 2.02. The summed E-state index contributed by atoms with van der Waals surface area (Å²) in [5, 5.41) is 2.71. The molecule has 2 rings (SSSR count). The number of hydrogen-bond donors (Lipinski definition) is 1. The van der Waals surface area contributed by atoms with Gasteiger partial charge in [0.15, 0.2) is 0 Å². The van der Waals surface area contributed by atoms with Crippen LogP contribution in [0.1, 0.15) is 42.5 Å². The van der Waals surface area contributed by atoms with E-state index in [0.29, 0.717) is 12.5 Å². The van der Waals surface area contributed by atoms with E-state index in [1.807, 2.05) is 0 Å². The summed E-state index contributed by atoms with van der Waals surface area (Å²) in [7, 11) is 1.13. The average Bonchev–Trinajstić information content (AvgIpc) is 2.45. The molecule has 1 amide bonds. The molecule has 21 heavy (non-hydrogen) atoms. The summed E-state index contributed by atoms with van der Waals surface area (Å²) >= 11 is 0. The van der Waals surface area contributed by atoms with E-state index in [1.54, 1.807) is 0 Å². The molecule has 0 saturated heterocycles. The lowest BCUT2D eigenvalue weighted by atomic mass is 9.89. The van der Waals surface area contributed by atoms with Crippen molar-refractivity contribution in [2.24, 2.45) is 5.92 Å². The van der Waals surface area contributed by atoms with Crippen LogP contribution in [-0.4, -0.2) is 20.9 Å². The van der Waals surface area contributed by atoms with Crippen molar-refractivity contribution in [3.05, 3.63) is 29.6 Å². The smallest absolute Gasteiger partial charge is 0.261 e. The molecule has 116 valence electrons. The van der Waals surface area contributed by atoms with Crippen LogP contribution in [0.25, 0.3) is 0 Å². The molecule has 0 heterocycles. The number of nitrogens with one attached hydrogen (secondary N) is 1. The van der Waals surface area contributed by atoms with Gasteiger partial charge >= 0.3 is 0 Å². The summed E-state index contributed by atoms with van der Waals surface area (Å²) in [5.74, 6) is -0.984. The Labute approximate surface area is 128 Å². The first-order valence-electron chi connectivity index (χ1n) is 6.90. The summed E-state index contributed by atoms with van der Waals surface area (Å²) in [5.41, 5.74) is -0.171. The van der Waals surface area contributed by atoms with Crippen molar-refractivity contribution in [1.29, 1.82) is 0 Å². The molecule has 0 aromatic heterocycles. The molecule has 1 aromatic rings. The zero-order valence-electron chi connectivity index (χ0n) is 11.4. The lowest BCUT2D eigenvalue weighted by molar-refractivity contribution is 0.0939. The first-order chi connectivity index (χ1) is 9.88. The van der Waals surface area contributed by atoms with Gasteiger partial charge < -0.3 is 5.32 Å². The third-order valence-corrected chi connectivity index (χ3v) is 5.09. The topological polar surface area (TPSA) is 63.2 Å². The van der Waals surface area contributed by atoms with Crippen molar-refractivity contribution in [2.45, 2.75) is 37.0 Å². The standard InChI is InChI=1S/C14H17ClFNO3S/c15-21(19,20)11-6-7-12(13(16)8-11)14(18)17-9-10-4-2-1-3-5-10/h6-8,10H,1-5,9H2,(H,17,18). The largest absolute Gasteiger partial charge is 0.352 e. The molecule has 0 aliphatic heterocycles. The van der Waals surface area contributed by atoms with E-state index < -0.39 is 20.8 Å². The Kier molecular flexibility index (Phi) is 5.22. The fraction of sp³-hybridized carbons (Fsp3) is 0.500. The minimum atomic E-state index is -4.00.